The molecule has 2 aromatic rings. The summed E-state index contributed by atoms with van der Waals surface area (Å²) < 4.78 is 5.95. The zero-order valence-electron chi connectivity index (χ0n) is 11.5. The quantitative estimate of drug-likeness (QED) is 0.794. The molecule has 0 aliphatic rings. The maximum Gasteiger partial charge on any atom is 0.323 e. The van der Waals surface area contributed by atoms with Crippen LogP contribution in [0.5, 0.6) is 5.75 Å². The van der Waals surface area contributed by atoms with E-state index in [1.165, 1.54) is 0 Å². The van der Waals surface area contributed by atoms with E-state index in [1.54, 1.807) is 25.3 Å². The Labute approximate surface area is 136 Å². The molecule has 2 amide bonds. The Morgan fingerprint density at radius 3 is 2.57 bits per heavy atom. The van der Waals surface area contributed by atoms with Gasteiger partial charge in [0.15, 0.2) is 0 Å². The molecule has 0 spiro atoms. The number of benzene rings is 2. The number of halogens is 2. The molecule has 110 valence electrons. The molecule has 0 aliphatic carbocycles. The normalized spacial score (nSPS) is 10.1. The van der Waals surface area contributed by atoms with E-state index in [4.69, 9.17) is 16.3 Å². The minimum absolute atomic E-state index is 0.375. The van der Waals surface area contributed by atoms with Gasteiger partial charge in [-0.3, -0.25) is 0 Å². The van der Waals surface area contributed by atoms with Crippen molar-refractivity contribution in [3.8, 4) is 5.75 Å². The molecular weight excluding hydrogens is 356 g/mol. The zero-order valence-corrected chi connectivity index (χ0v) is 13.9. The molecule has 0 fully saturated rings. The fraction of sp³-hybridized carbons (Fsp3) is 0.133. The van der Waals surface area contributed by atoms with E-state index in [0.717, 1.165) is 10.0 Å². The lowest BCUT2D eigenvalue weighted by Crippen LogP contribution is -2.20. The lowest BCUT2D eigenvalue weighted by molar-refractivity contribution is 0.262. The largest absolute Gasteiger partial charge is 0.495 e. The standard InChI is InChI=1S/C15H14BrClN2O2/c1-9-7-10(16)13(8-11(9)17)19-15(20)18-12-5-3-4-6-14(12)21-2/h3-8H,1-2H3,(H2,18,19,20). The molecule has 2 aromatic carbocycles. The fourth-order valence-electron chi connectivity index (χ4n) is 1.77. The van der Waals surface area contributed by atoms with Gasteiger partial charge in [-0.1, -0.05) is 23.7 Å². The highest BCUT2D eigenvalue weighted by atomic mass is 79.9. The Balaban J connectivity index is 2.14. The molecule has 0 saturated heterocycles. The molecule has 2 rings (SSSR count). The monoisotopic (exact) mass is 368 g/mol. The number of hydrogen-bond acceptors (Lipinski definition) is 2. The Morgan fingerprint density at radius 1 is 1.19 bits per heavy atom. The van der Waals surface area contributed by atoms with Crippen LogP contribution >= 0.6 is 27.5 Å². The lowest BCUT2D eigenvalue weighted by Gasteiger charge is -2.12. The summed E-state index contributed by atoms with van der Waals surface area (Å²) in [5.74, 6) is 0.591. The predicted octanol–water partition coefficient (Wildman–Crippen LogP) is 5.06. The second-order valence-electron chi connectivity index (χ2n) is 4.36. The van der Waals surface area contributed by atoms with E-state index in [0.29, 0.717) is 22.1 Å². The molecule has 0 atom stereocenters. The first kappa shape index (κ1) is 15.7. The maximum atomic E-state index is 12.1. The number of anilines is 2. The van der Waals surface area contributed by atoms with E-state index in [-0.39, 0.29) is 6.03 Å². The number of carbonyl (C=O) groups excluding carboxylic acids is 1. The molecule has 0 bridgehead atoms. The number of amides is 2. The molecule has 0 unspecified atom stereocenters. The fourth-order valence-corrected chi connectivity index (χ4v) is 2.49. The highest BCUT2D eigenvalue weighted by Gasteiger charge is 2.10. The highest BCUT2D eigenvalue weighted by molar-refractivity contribution is 9.10. The van der Waals surface area contributed by atoms with Crippen molar-refractivity contribution in [3.63, 3.8) is 0 Å². The molecule has 4 nitrogen and oxygen atoms in total. The molecule has 2 N–H and O–H groups in total. The van der Waals surface area contributed by atoms with E-state index in [2.05, 4.69) is 26.6 Å². The van der Waals surface area contributed by atoms with Crippen molar-refractivity contribution < 1.29 is 9.53 Å². The molecule has 0 radical (unpaired) electrons. The van der Waals surface area contributed by atoms with Crippen LogP contribution in [-0.2, 0) is 0 Å². The first-order chi connectivity index (χ1) is 10.0. The van der Waals surface area contributed by atoms with Gasteiger partial charge in [-0.05, 0) is 52.7 Å². The third-order valence-electron chi connectivity index (χ3n) is 2.85. The predicted molar refractivity (Wildman–Crippen MR) is 89.5 cm³/mol. The van der Waals surface area contributed by atoms with Gasteiger partial charge in [-0.15, -0.1) is 0 Å². The third kappa shape index (κ3) is 3.89. The summed E-state index contributed by atoms with van der Waals surface area (Å²) in [6.45, 7) is 1.89. The van der Waals surface area contributed by atoms with E-state index < -0.39 is 0 Å². The van der Waals surface area contributed by atoms with E-state index in [9.17, 15) is 4.79 Å². The number of carbonyl (C=O) groups is 1. The molecule has 0 aromatic heterocycles. The minimum atomic E-state index is -0.375. The van der Waals surface area contributed by atoms with Gasteiger partial charge >= 0.3 is 6.03 Å². The van der Waals surface area contributed by atoms with Crippen molar-refractivity contribution in [2.75, 3.05) is 17.7 Å². The summed E-state index contributed by atoms with van der Waals surface area (Å²) in [6.07, 6.45) is 0. The van der Waals surface area contributed by atoms with Gasteiger partial charge in [0, 0.05) is 9.50 Å². The molecule has 21 heavy (non-hydrogen) atoms. The van der Waals surface area contributed by atoms with Crippen molar-refractivity contribution in [1.82, 2.24) is 0 Å². The van der Waals surface area contributed by atoms with Crippen LogP contribution in [0.25, 0.3) is 0 Å². The highest BCUT2D eigenvalue weighted by Crippen LogP contribution is 2.29. The van der Waals surface area contributed by atoms with E-state index in [1.807, 2.05) is 25.1 Å². The van der Waals surface area contributed by atoms with Crippen molar-refractivity contribution in [2.45, 2.75) is 6.92 Å². The molecule has 0 heterocycles. The van der Waals surface area contributed by atoms with Crippen LogP contribution in [0.15, 0.2) is 40.9 Å². The Hall–Kier alpha value is -1.72. The van der Waals surface area contributed by atoms with Crippen LogP contribution in [0, 0.1) is 6.92 Å². The smallest absolute Gasteiger partial charge is 0.323 e. The topological polar surface area (TPSA) is 50.4 Å². The van der Waals surface area contributed by atoms with Gasteiger partial charge in [0.2, 0.25) is 0 Å². The van der Waals surface area contributed by atoms with Gasteiger partial charge < -0.3 is 15.4 Å². The number of aryl methyl sites for hydroxylation is 1. The van der Waals surface area contributed by atoms with Crippen molar-refractivity contribution in [3.05, 3.63) is 51.5 Å². The summed E-state index contributed by atoms with van der Waals surface area (Å²) in [7, 11) is 1.55. The molecular formula is C15H14BrClN2O2. The number of methoxy groups -OCH3 is 1. The van der Waals surface area contributed by atoms with Gasteiger partial charge in [0.05, 0.1) is 18.5 Å². The summed E-state index contributed by atoms with van der Waals surface area (Å²) in [5.41, 5.74) is 2.11. The first-order valence-corrected chi connectivity index (χ1v) is 7.35. The summed E-state index contributed by atoms with van der Waals surface area (Å²) in [6, 6.07) is 10.4. The number of urea groups is 1. The molecule has 0 saturated carbocycles. The van der Waals surface area contributed by atoms with Crippen LogP contribution in [0.1, 0.15) is 5.56 Å². The van der Waals surface area contributed by atoms with Crippen molar-refractivity contribution in [2.24, 2.45) is 0 Å². The number of rotatable bonds is 3. The van der Waals surface area contributed by atoms with Gasteiger partial charge in [0.1, 0.15) is 5.75 Å². The van der Waals surface area contributed by atoms with Gasteiger partial charge in [-0.25, -0.2) is 4.79 Å². The third-order valence-corrected chi connectivity index (χ3v) is 3.91. The Kier molecular flexibility index (Phi) is 5.09. The van der Waals surface area contributed by atoms with Gasteiger partial charge in [-0.2, -0.15) is 0 Å². The van der Waals surface area contributed by atoms with Crippen LogP contribution in [0.2, 0.25) is 5.02 Å². The number of ether oxygens (including phenoxy) is 1. The van der Waals surface area contributed by atoms with E-state index >= 15 is 0 Å². The van der Waals surface area contributed by atoms with Crippen LogP contribution in [-0.4, -0.2) is 13.1 Å². The Bertz CT molecular complexity index is 677. The average molecular weight is 370 g/mol. The SMILES string of the molecule is COc1ccccc1NC(=O)Nc1cc(Cl)c(C)cc1Br. The minimum Gasteiger partial charge on any atom is -0.495 e. The lowest BCUT2D eigenvalue weighted by atomic mass is 10.2. The number of hydrogen-bond donors (Lipinski definition) is 2. The average Bonchev–Trinajstić information content (AvgIpc) is 2.45. The van der Waals surface area contributed by atoms with Gasteiger partial charge in [0.25, 0.3) is 0 Å². The molecule has 0 aliphatic heterocycles. The zero-order chi connectivity index (χ0) is 15.4. The maximum absolute atomic E-state index is 12.1. The van der Waals surface area contributed by atoms with Crippen LogP contribution < -0.4 is 15.4 Å². The summed E-state index contributed by atoms with van der Waals surface area (Å²) in [5, 5.41) is 6.06. The van der Waals surface area contributed by atoms with Crippen LogP contribution in [0.4, 0.5) is 16.2 Å². The Morgan fingerprint density at radius 2 is 1.86 bits per heavy atom. The first-order valence-electron chi connectivity index (χ1n) is 6.18. The number of nitrogens with one attached hydrogen (secondary N) is 2. The van der Waals surface area contributed by atoms with Crippen molar-refractivity contribution in [1.29, 1.82) is 0 Å². The number of para-hydroxylation sites is 2. The molecule has 6 heteroatoms. The van der Waals surface area contributed by atoms with Crippen LogP contribution in [0.3, 0.4) is 0 Å². The van der Waals surface area contributed by atoms with Crippen molar-refractivity contribution >= 4 is 44.9 Å². The summed E-state index contributed by atoms with van der Waals surface area (Å²) in [4.78, 5) is 12.1. The summed E-state index contributed by atoms with van der Waals surface area (Å²) >= 11 is 9.46. The second-order valence-corrected chi connectivity index (χ2v) is 5.62. The second kappa shape index (κ2) is 6.83.